The molecular weight excluding hydrogens is 258 g/mol. The molecule has 0 amide bonds. The second kappa shape index (κ2) is 5.96. The van der Waals surface area contributed by atoms with Crippen molar-refractivity contribution in [2.45, 2.75) is 38.9 Å². The average molecular weight is 281 g/mol. The fourth-order valence-electron chi connectivity index (χ4n) is 3.33. The van der Waals surface area contributed by atoms with Crippen LogP contribution in [0.4, 0.5) is 0 Å². The molecule has 2 aromatic rings. The summed E-state index contributed by atoms with van der Waals surface area (Å²) in [5.41, 5.74) is 11.2. The lowest BCUT2D eigenvalue weighted by Gasteiger charge is -2.28. The summed E-state index contributed by atoms with van der Waals surface area (Å²) in [6, 6.07) is 15.4. The first-order chi connectivity index (χ1) is 10.2. The zero-order chi connectivity index (χ0) is 14.8. The van der Waals surface area contributed by atoms with Gasteiger partial charge in [-0.3, -0.25) is 9.88 Å². The van der Waals surface area contributed by atoms with Crippen LogP contribution in [-0.2, 0) is 6.54 Å². The van der Waals surface area contributed by atoms with E-state index in [-0.39, 0.29) is 6.04 Å². The fourth-order valence-corrected chi connectivity index (χ4v) is 3.33. The third kappa shape index (κ3) is 2.85. The average Bonchev–Trinajstić information content (AvgIpc) is 2.83. The quantitative estimate of drug-likeness (QED) is 0.934. The summed E-state index contributed by atoms with van der Waals surface area (Å²) in [5, 5.41) is 0. The Balaban J connectivity index is 1.85. The molecule has 2 unspecified atom stereocenters. The van der Waals surface area contributed by atoms with Gasteiger partial charge in [0.2, 0.25) is 0 Å². The van der Waals surface area contributed by atoms with Crippen LogP contribution in [0.5, 0.6) is 0 Å². The summed E-state index contributed by atoms with van der Waals surface area (Å²) in [6.07, 6.45) is 0.999. The lowest BCUT2D eigenvalue weighted by Crippen LogP contribution is -2.27. The third-order valence-electron chi connectivity index (χ3n) is 4.39. The van der Waals surface area contributed by atoms with E-state index in [0.717, 1.165) is 30.9 Å². The molecule has 0 bridgehead atoms. The maximum absolute atomic E-state index is 6.30. The van der Waals surface area contributed by atoms with Crippen molar-refractivity contribution in [1.29, 1.82) is 0 Å². The molecule has 1 aliphatic rings. The number of hydrogen-bond acceptors (Lipinski definition) is 3. The summed E-state index contributed by atoms with van der Waals surface area (Å²) in [6.45, 7) is 6.13. The van der Waals surface area contributed by atoms with Crippen LogP contribution in [0.1, 0.15) is 47.9 Å². The van der Waals surface area contributed by atoms with Crippen molar-refractivity contribution in [3.05, 3.63) is 65.0 Å². The Hall–Kier alpha value is -1.71. The topological polar surface area (TPSA) is 42.2 Å². The molecule has 1 aromatic heterocycles. The summed E-state index contributed by atoms with van der Waals surface area (Å²) < 4.78 is 0. The van der Waals surface area contributed by atoms with Gasteiger partial charge >= 0.3 is 0 Å². The Kier molecular flexibility index (Phi) is 4.04. The highest BCUT2D eigenvalue weighted by Crippen LogP contribution is 2.41. The van der Waals surface area contributed by atoms with E-state index in [0.29, 0.717) is 6.04 Å². The summed E-state index contributed by atoms with van der Waals surface area (Å²) in [4.78, 5) is 7.11. The van der Waals surface area contributed by atoms with Crippen LogP contribution in [-0.4, -0.2) is 16.4 Å². The van der Waals surface area contributed by atoms with Gasteiger partial charge < -0.3 is 5.73 Å². The minimum atomic E-state index is 0.158. The van der Waals surface area contributed by atoms with E-state index < -0.39 is 0 Å². The van der Waals surface area contributed by atoms with Crippen LogP contribution < -0.4 is 5.73 Å². The molecule has 1 aliphatic carbocycles. The number of rotatable bonds is 4. The lowest BCUT2D eigenvalue weighted by atomic mass is 10.1. The molecular formula is C18H23N3. The molecule has 21 heavy (non-hydrogen) atoms. The highest BCUT2D eigenvalue weighted by Gasteiger charge is 2.31. The minimum Gasteiger partial charge on any atom is -0.324 e. The SMILES string of the molecule is CCN(Cc1cccc(C)n1)C1CC(N)c2ccccc21. The van der Waals surface area contributed by atoms with Gasteiger partial charge in [-0.15, -0.1) is 0 Å². The van der Waals surface area contributed by atoms with Gasteiger partial charge in [0.05, 0.1) is 5.69 Å². The molecule has 1 heterocycles. The van der Waals surface area contributed by atoms with Crippen LogP contribution in [0.3, 0.4) is 0 Å². The zero-order valence-electron chi connectivity index (χ0n) is 12.8. The Labute approximate surface area is 126 Å². The van der Waals surface area contributed by atoms with Crippen molar-refractivity contribution in [2.75, 3.05) is 6.54 Å². The van der Waals surface area contributed by atoms with Crippen molar-refractivity contribution in [3.8, 4) is 0 Å². The third-order valence-corrected chi connectivity index (χ3v) is 4.39. The molecule has 0 spiro atoms. The first kappa shape index (κ1) is 14.2. The van der Waals surface area contributed by atoms with Crippen LogP contribution in [0.25, 0.3) is 0 Å². The van der Waals surface area contributed by atoms with E-state index in [9.17, 15) is 0 Å². The summed E-state index contributed by atoms with van der Waals surface area (Å²) >= 11 is 0. The number of nitrogens with two attached hydrogens (primary N) is 1. The second-order valence-electron chi connectivity index (χ2n) is 5.82. The van der Waals surface area contributed by atoms with Crippen LogP contribution >= 0.6 is 0 Å². The molecule has 3 rings (SSSR count). The predicted molar refractivity (Wildman–Crippen MR) is 85.8 cm³/mol. The fraction of sp³-hybridized carbons (Fsp3) is 0.389. The maximum Gasteiger partial charge on any atom is 0.0547 e. The van der Waals surface area contributed by atoms with E-state index in [1.165, 1.54) is 11.1 Å². The molecule has 3 nitrogen and oxygen atoms in total. The van der Waals surface area contributed by atoms with E-state index >= 15 is 0 Å². The molecule has 0 radical (unpaired) electrons. The summed E-state index contributed by atoms with van der Waals surface area (Å²) in [5.74, 6) is 0. The van der Waals surface area contributed by atoms with Gasteiger partial charge in [0, 0.05) is 24.3 Å². The number of pyridine rings is 1. The van der Waals surface area contributed by atoms with Crippen molar-refractivity contribution in [2.24, 2.45) is 5.73 Å². The van der Waals surface area contributed by atoms with Crippen LogP contribution in [0.2, 0.25) is 0 Å². The number of hydrogen-bond donors (Lipinski definition) is 1. The van der Waals surface area contributed by atoms with Gasteiger partial charge in [0.15, 0.2) is 0 Å². The van der Waals surface area contributed by atoms with Crippen molar-refractivity contribution < 1.29 is 0 Å². The van der Waals surface area contributed by atoms with E-state index in [1.807, 2.05) is 13.0 Å². The lowest BCUT2D eigenvalue weighted by molar-refractivity contribution is 0.191. The monoisotopic (exact) mass is 281 g/mol. The molecule has 0 fully saturated rings. The Morgan fingerprint density at radius 1 is 1.14 bits per heavy atom. The first-order valence-electron chi connectivity index (χ1n) is 7.70. The van der Waals surface area contributed by atoms with Crippen molar-refractivity contribution in [3.63, 3.8) is 0 Å². The Morgan fingerprint density at radius 2 is 1.90 bits per heavy atom. The van der Waals surface area contributed by atoms with Gasteiger partial charge in [0.1, 0.15) is 0 Å². The molecule has 2 N–H and O–H groups in total. The largest absolute Gasteiger partial charge is 0.324 e. The molecule has 0 saturated carbocycles. The Morgan fingerprint density at radius 3 is 2.62 bits per heavy atom. The van der Waals surface area contributed by atoms with Gasteiger partial charge in [-0.05, 0) is 43.1 Å². The van der Waals surface area contributed by atoms with E-state index in [1.54, 1.807) is 0 Å². The highest BCUT2D eigenvalue weighted by molar-refractivity contribution is 5.37. The molecule has 2 atom stereocenters. The smallest absolute Gasteiger partial charge is 0.0547 e. The molecule has 0 aliphatic heterocycles. The second-order valence-corrected chi connectivity index (χ2v) is 5.82. The maximum atomic E-state index is 6.30. The number of fused-ring (bicyclic) bond motifs is 1. The van der Waals surface area contributed by atoms with Crippen LogP contribution in [0.15, 0.2) is 42.5 Å². The van der Waals surface area contributed by atoms with Gasteiger partial charge in [-0.25, -0.2) is 0 Å². The van der Waals surface area contributed by atoms with Crippen LogP contribution in [0, 0.1) is 6.92 Å². The van der Waals surface area contributed by atoms with Crippen molar-refractivity contribution >= 4 is 0 Å². The molecule has 0 saturated heterocycles. The van der Waals surface area contributed by atoms with Crippen molar-refractivity contribution in [1.82, 2.24) is 9.88 Å². The minimum absolute atomic E-state index is 0.158. The standard InChI is InChI=1S/C18H23N3/c1-3-21(12-14-8-6-7-13(2)20-14)18-11-17(19)15-9-4-5-10-16(15)18/h4-10,17-18H,3,11-12,19H2,1-2H3. The van der Waals surface area contributed by atoms with E-state index in [4.69, 9.17) is 5.73 Å². The normalized spacial score (nSPS) is 20.8. The molecule has 1 aromatic carbocycles. The first-order valence-corrected chi connectivity index (χ1v) is 7.70. The molecule has 110 valence electrons. The van der Waals surface area contributed by atoms with Gasteiger partial charge in [0.25, 0.3) is 0 Å². The Bertz CT molecular complexity index is 623. The van der Waals surface area contributed by atoms with Gasteiger partial charge in [-0.1, -0.05) is 37.3 Å². The van der Waals surface area contributed by atoms with Gasteiger partial charge in [-0.2, -0.15) is 0 Å². The van der Waals surface area contributed by atoms with E-state index in [2.05, 4.69) is 53.2 Å². The molecule has 3 heteroatoms. The summed E-state index contributed by atoms with van der Waals surface area (Å²) in [7, 11) is 0. The number of nitrogens with zero attached hydrogens (tertiary/aromatic N) is 2. The zero-order valence-corrected chi connectivity index (χ0v) is 12.8. The number of aromatic nitrogens is 1. The predicted octanol–water partition coefficient (Wildman–Crippen LogP) is 3.36. The highest BCUT2D eigenvalue weighted by atomic mass is 15.2. The number of aryl methyl sites for hydroxylation is 1. The number of benzene rings is 1.